The van der Waals surface area contributed by atoms with Crippen LogP contribution in [0, 0.1) is 0 Å². The summed E-state index contributed by atoms with van der Waals surface area (Å²) >= 11 is 0. The van der Waals surface area contributed by atoms with Crippen LogP contribution in [0.15, 0.2) is 24.3 Å². The molecule has 0 bridgehead atoms. The number of para-hydroxylation sites is 1. The zero-order valence-corrected chi connectivity index (χ0v) is 14.9. The molecule has 0 aromatic heterocycles. The Kier molecular flexibility index (Phi) is 5.85. The molecule has 1 saturated heterocycles. The van der Waals surface area contributed by atoms with E-state index < -0.39 is 17.9 Å². The summed E-state index contributed by atoms with van der Waals surface area (Å²) in [6, 6.07) is 6.40. The smallest absolute Gasteiger partial charge is 0.310 e. The minimum absolute atomic E-state index is 0.250. The number of carbonyl (C=O) groups excluding carboxylic acids is 3. The number of nitrogens with one attached hydrogen (secondary N) is 2. The molecule has 1 aromatic carbocycles. The van der Waals surface area contributed by atoms with E-state index in [9.17, 15) is 14.4 Å². The Morgan fingerprint density at radius 2 is 1.92 bits per heavy atom. The maximum absolute atomic E-state index is 12.3. The van der Waals surface area contributed by atoms with Gasteiger partial charge in [-0.15, -0.1) is 0 Å². The number of ether oxygens (including phenoxy) is 1. The van der Waals surface area contributed by atoms with Gasteiger partial charge < -0.3 is 20.3 Å². The number of rotatable bonds is 5. The molecule has 26 heavy (non-hydrogen) atoms. The van der Waals surface area contributed by atoms with Crippen LogP contribution in [0.25, 0.3) is 0 Å². The van der Waals surface area contributed by atoms with Crippen molar-refractivity contribution < 1.29 is 19.1 Å². The summed E-state index contributed by atoms with van der Waals surface area (Å²) in [5.41, 5.74) is 1.45. The fourth-order valence-corrected chi connectivity index (χ4v) is 3.23. The van der Waals surface area contributed by atoms with Crippen molar-refractivity contribution in [2.24, 2.45) is 0 Å². The van der Waals surface area contributed by atoms with Crippen molar-refractivity contribution in [3.63, 3.8) is 0 Å². The molecule has 8 heteroatoms. The molecule has 1 aromatic rings. The Morgan fingerprint density at radius 3 is 2.69 bits per heavy atom. The van der Waals surface area contributed by atoms with Gasteiger partial charge in [0.2, 0.25) is 0 Å². The second-order valence-electron chi connectivity index (χ2n) is 6.43. The molecular formula is C18H24N4O4. The molecule has 2 aliphatic heterocycles. The van der Waals surface area contributed by atoms with Gasteiger partial charge in [0.15, 0.2) is 0 Å². The first kappa shape index (κ1) is 18.3. The van der Waals surface area contributed by atoms with E-state index in [-0.39, 0.29) is 5.91 Å². The SMILES string of the molecule is CN1C(=O)[C@H](NC(=O)C(=O)NCCCN2CCOCC2)c2ccccc21. The highest BCUT2D eigenvalue weighted by molar-refractivity contribution is 6.35. The third kappa shape index (κ3) is 4.03. The van der Waals surface area contributed by atoms with Crippen molar-refractivity contribution >= 4 is 23.4 Å². The van der Waals surface area contributed by atoms with E-state index in [1.54, 1.807) is 19.2 Å². The van der Waals surface area contributed by atoms with Crippen LogP contribution in [-0.2, 0) is 19.1 Å². The van der Waals surface area contributed by atoms with Gasteiger partial charge in [-0.05, 0) is 19.0 Å². The molecule has 2 N–H and O–H groups in total. The fourth-order valence-electron chi connectivity index (χ4n) is 3.23. The van der Waals surface area contributed by atoms with Crippen LogP contribution in [0.3, 0.4) is 0 Å². The van der Waals surface area contributed by atoms with Gasteiger partial charge in [0.25, 0.3) is 5.91 Å². The summed E-state index contributed by atoms with van der Waals surface area (Å²) in [6.45, 7) is 4.53. The number of likely N-dealkylation sites (N-methyl/N-ethyl adjacent to an activating group) is 1. The van der Waals surface area contributed by atoms with Gasteiger partial charge in [0, 0.05) is 37.9 Å². The molecule has 2 aliphatic rings. The molecule has 2 heterocycles. The number of benzene rings is 1. The molecule has 140 valence electrons. The van der Waals surface area contributed by atoms with E-state index in [2.05, 4.69) is 15.5 Å². The van der Waals surface area contributed by atoms with Crippen molar-refractivity contribution in [2.45, 2.75) is 12.5 Å². The first-order valence-corrected chi connectivity index (χ1v) is 8.83. The predicted molar refractivity (Wildman–Crippen MR) is 95.6 cm³/mol. The van der Waals surface area contributed by atoms with Gasteiger partial charge in [0.05, 0.1) is 13.2 Å². The van der Waals surface area contributed by atoms with Crippen LogP contribution in [0.2, 0.25) is 0 Å². The van der Waals surface area contributed by atoms with Crippen molar-refractivity contribution in [3.8, 4) is 0 Å². The van der Waals surface area contributed by atoms with Crippen LogP contribution in [0.1, 0.15) is 18.0 Å². The van der Waals surface area contributed by atoms with Crippen molar-refractivity contribution in [2.75, 3.05) is 51.3 Å². The van der Waals surface area contributed by atoms with Gasteiger partial charge in [-0.2, -0.15) is 0 Å². The first-order valence-electron chi connectivity index (χ1n) is 8.83. The molecule has 0 radical (unpaired) electrons. The molecule has 1 atom stereocenters. The normalized spacial score (nSPS) is 20.0. The fraction of sp³-hybridized carbons (Fsp3) is 0.500. The van der Waals surface area contributed by atoms with E-state index >= 15 is 0 Å². The number of carbonyl (C=O) groups is 3. The molecule has 0 spiro atoms. The van der Waals surface area contributed by atoms with Crippen molar-refractivity contribution in [1.29, 1.82) is 0 Å². The number of morpholine rings is 1. The molecule has 0 unspecified atom stereocenters. The van der Waals surface area contributed by atoms with Gasteiger partial charge in [-0.3, -0.25) is 19.3 Å². The maximum atomic E-state index is 12.3. The predicted octanol–water partition coefficient (Wildman–Crippen LogP) is -0.341. The lowest BCUT2D eigenvalue weighted by Crippen LogP contribution is -2.44. The van der Waals surface area contributed by atoms with Crippen LogP contribution >= 0.6 is 0 Å². The highest BCUT2D eigenvalue weighted by Crippen LogP contribution is 2.34. The van der Waals surface area contributed by atoms with Gasteiger partial charge in [0.1, 0.15) is 6.04 Å². The van der Waals surface area contributed by atoms with E-state index in [4.69, 9.17) is 4.74 Å². The summed E-state index contributed by atoms with van der Waals surface area (Å²) in [5, 5.41) is 5.15. The standard InChI is InChI=1S/C18H24N4O4/c1-21-14-6-3-2-5-13(14)15(18(21)25)20-17(24)16(23)19-7-4-8-22-9-11-26-12-10-22/h2-3,5-6,15H,4,7-12H2,1H3,(H,19,23)(H,20,24)/t15-/m1/s1. The van der Waals surface area contributed by atoms with Crippen LogP contribution in [0.4, 0.5) is 5.69 Å². The second kappa shape index (κ2) is 8.29. The van der Waals surface area contributed by atoms with E-state index in [0.717, 1.165) is 45.0 Å². The Morgan fingerprint density at radius 1 is 1.19 bits per heavy atom. The topological polar surface area (TPSA) is 91.0 Å². The van der Waals surface area contributed by atoms with Crippen molar-refractivity contribution in [1.82, 2.24) is 15.5 Å². The number of hydrogen-bond donors (Lipinski definition) is 2. The summed E-state index contributed by atoms with van der Waals surface area (Å²) in [6.07, 6.45) is 0.757. The highest BCUT2D eigenvalue weighted by atomic mass is 16.5. The average Bonchev–Trinajstić information content (AvgIpc) is 2.91. The van der Waals surface area contributed by atoms with Crippen LogP contribution in [-0.4, -0.2) is 69.1 Å². The molecule has 1 fully saturated rings. The average molecular weight is 360 g/mol. The lowest BCUT2D eigenvalue weighted by Gasteiger charge is -2.26. The highest BCUT2D eigenvalue weighted by Gasteiger charge is 2.36. The monoisotopic (exact) mass is 360 g/mol. The third-order valence-electron chi connectivity index (χ3n) is 4.71. The minimum atomic E-state index is -0.817. The lowest BCUT2D eigenvalue weighted by molar-refractivity contribution is -0.140. The molecular weight excluding hydrogens is 336 g/mol. The Labute approximate surface area is 152 Å². The first-order chi connectivity index (χ1) is 12.6. The Hall–Kier alpha value is -2.45. The summed E-state index contributed by atoms with van der Waals surface area (Å²) in [7, 11) is 1.65. The van der Waals surface area contributed by atoms with Crippen LogP contribution in [0.5, 0.6) is 0 Å². The summed E-state index contributed by atoms with van der Waals surface area (Å²) in [5.74, 6) is -1.76. The maximum Gasteiger partial charge on any atom is 0.310 e. The second-order valence-corrected chi connectivity index (χ2v) is 6.43. The zero-order valence-electron chi connectivity index (χ0n) is 14.9. The number of amides is 3. The van der Waals surface area contributed by atoms with Gasteiger partial charge >= 0.3 is 11.8 Å². The van der Waals surface area contributed by atoms with Gasteiger partial charge in [-0.25, -0.2) is 0 Å². The van der Waals surface area contributed by atoms with E-state index in [0.29, 0.717) is 12.1 Å². The van der Waals surface area contributed by atoms with Crippen molar-refractivity contribution in [3.05, 3.63) is 29.8 Å². The minimum Gasteiger partial charge on any atom is -0.379 e. The third-order valence-corrected chi connectivity index (χ3v) is 4.71. The van der Waals surface area contributed by atoms with E-state index in [1.807, 2.05) is 12.1 Å². The summed E-state index contributed by atoms with van der Waals surface area (Å²) < 4.78 is 5.28. The number of nitrogens with zero attached hydrogens (tertiary/aromatic N) is 2. The van der Waals surface area contributed by atoms with Gasteiger partial charge in [-0.1, -0.05) is 18.2 Å². The lowest BCUT2D eigenvalue weighted by atomic mass is 10.1. The summed E-state index contributed by atoms with van der Waals surface area (Å²) in [4.78, 5) is 40.2. The molecule has 0 saturated carbocycles. The number of fused-ring (bicyclic) bond motifs is 1. The largest absolute Gasteiger partial charge is 0.379 e. The molecule has 3 amide bonds. The van der Waals surface area contributed by atoms with E-state index in [1.165, 1.54) is 4.90 Å². The quantitative estimate of drug-likeness (QED) is 0.554. The molecule has 8 nitrogen and oxygen atoms in total. The Balaban J connectivity index is 1.45. The number of anilines is 1. The van der Waals surface area contributed by atoms with Crippen LogP contribution < -0.4 is 15.5 Å². The number of hydrogen-bond acceptors (Lipinski definition) is 5. The molecule has 3 rings (SSSR count). The Bertz CT molecular complexity index is 688. The zero-order chi connectivity index (χ0) is 18.5. The molecule has 0 aliphatic carbocycles.